The normalized spacial score (nSPS) is 25.8. The third-order valence-corrected chi connectivity index (χ3v) is 2.94. The molecular formula is C12H24N2O2. The predicted octanol–water partition coefficient (Wildman–Crippen LogP) is 1.05. The van der Waals surface area contributed by atoms with Crippen LogP contribution >= 0.6 is 0 Å². The Hall–Kier alpha value is -0.610. The van der Waals surface area contributed by atoms with E-state index in [0.717, 1.165) is 25.7 Å². The van der Waals surface area contributed by atoms with Gasteiger partial charge >= 0.3 is 0 Å². The van der Waals surface area contributed by atoms with Gasteiger partial charge in [0.1, 0.15) is 0 Å². The second kappa shape index (κ2) is 6.86. The third-order valence-electron chi connectivity index (χ3n) is 2.94. The van der Waals surface area contributed by atoms with Crippen molar-refractivity contribution in [2.24, 2.45) is 11.7 Å². The van der Waals surface area contributed by atoms with Gasteiger partial charge in [-0.1, -0.05) is 6.42 Å². The lowest BCUT2D eigenvalue weighted by Crippen LogP contribution is -2.39. The summed E-state index contributed by atoms with van der Waals surface area (Å²) in [5.41, 5.74) is 5.85. The van der Waals surface area contributed by atoms with E-state index in [2.05, 4.69) is 5.32 Å². The molecule has 94 valence electrons. The molecule has 1 fully saturated rings. The Morgan fingerprint density at radius 3 is 2.88 bits per heavy atom. The lowest BCUT2D eigenvalue weighted by Gasteiger charge is -2.25. The highest BCUT2D eigenvalue weighted by molar-refractivity contribution is 5.78. The van der Waals surface area contributed by atoms with E-state index < -0.39 is 0 Å². The van der Waals surface area contributed by atoms with Crippen LogP contribution in [0, 0.1) is 5.92 Å². The molecule has 1 aliphatic rings. The summed E-state index contributed by atoms with van der Waals surface area (Å²) in [6, 6.07) is 0.205. The Morgan fingerprint density at radius 2 is 2.25 bits per heavy atom. The van der Waals surface area contributed by atoms with Crippen LogP contribution in [-0.2, 0) is 9.53 Å². The number of nitrogens with two attached hydrogens (primary N) is 1. The van der Waals surface area contributed by atoms with Crippen LogP contribution < -0.4 is 11.1 Å². The number of amides is 1. The van der Waals surface area contributed by atoms with E-state index in [9.17, 15) is 4.79 Å². The van der Waals surface area contributed by atoms with Crippen molar-refractivity contribution in [2.45, 2.75) is 51.7 Å². The zero-order chi connectivity index (χ0) is 12.0. The number of rotatable bonds is 5. The zero-order valence-electron chi connectivity index (χ0n) is 10.4. The van der Waals surface area contributed by atoms with Gasteiger partial charge in [-0.05, 0) is 33.1 Å². The van der Waals surface area contributed by atoms with E-state index in [4.69, 9.17) is 10.5 Å². The smallest absolute Gasteiger partial charge is 0.223 e. The summed E-state index contributed by atoms with van der Waals surface area (Å²) >= 11 is 0. The Balaban J connectivity index is 2.14. The van der Waals surface area contributed by atoms with Crippen molar-refractivity contribution in [1.82, 2.24) is 5.32 Å². The van der Waals surface area contributed by atoms with E-state index in [1.807, 2.05) is 13.8 Å². The topological polar surface area (TPSA) is 64.3 Å². The molecule has 1 rings (SSSR count). The van der Waals surface area contributed by atoms with Crippen LogP contribution in [0.2, 0.25) is 0 Å². The first kappa shape index (κ1) is 13.5. The maximum Gasteiger partial charge on any atom is 0.223 e. The second-order valence-electron chi connectivity index (χ2n) is 4.83. The van der Waals surface area contributed by atoms with Gasteiger partial charge in [0, 0.05) is 18.5 Å². The van der Waals surface area contributed by atoms with Crippen molar-refractivity contribution >= 4 is 5.91 Å². The van der Waals surface area contributed by atoms with Crippen molar-refractivity contribution < 1.29 is 9.53 Å². The summed E-state index contributed by atoms with van der Waals surface area (Å²) in [5, 5.41) is 2.91. The molecule has 0 spiro atoms. The molecule has 2 unspecified atom stereocenters. The van der Waals surface area contributed by atoms with Gasteiger partial charge in [0.15, 0.2) is 0 Å². The number of carbonyl (C=O) groups is 1. The van der Waals surface area contributed by atoms with Crippen LogP contribution in [-0.4, -0.2) is 31.2 Å². The van der Waals surface area contributed by atoms with E-state index in [0.29, 0.717) is 13.2 Å². The van der Waals surface area contributed by atoms with Crippen LogP contribution in [0.5, 0.6) is 0 Å². The molecular weight excluding hydrogens is 204 g/mol. The monoisotopic (exact) mass is 228 g/mol. The standard InChI is InChI=1S/C12H24N2O2/c1-9(2)16-7-6-14-12(15)10-4-3-5-11(13)8-10/h9-11H,3-8,13H2,1-2H3,(H,14,15). The zero-order valence-corrected chi connectivity index (χ0v) is 10.4. The lowest BCUT2D eigenvalue weighted by atomic mass is 9.85. The molecule has 0 aromatic carbocycles. The van der Waals surface area contributed by atoms with Crippen LogP contribution in [0.15, 0.2) is 0 Å². The highest BCUT2D eigenvalue weighted by Crippen LogP contribution is 2.22. The fraction of sp³-hybridized carbons (Fsp3) is 0.917. The van der Waals surface area contributed by atoms with E-state index >= 15 is 0 Å². The molecule has 4 nitrogen and oxygen atoms in total. The molecule has 0 aliphatic heterocycles. The van der Waals surface area contributed by atoms with Gasteiger partial charge in [-0.2, -0.15) is 0 Å². The van der Waals surface area contributed by atoms with Gasteiger partial charge < -0.3 is 15.8 Å². The molecule has 4 heteroatoms. The molecule has 0 aromatic rings. The van der Waals surface area contributed by atoms with Gasteiger partial charge in [0.2, 0.25) is 5.91 Å². The first-order valence-electron chi connectivity index (χ1n) is 6.24. The average Bonchev–Trinajstić information content (AvgIpc) is 2.24. The Kier molecular flexibility index (Phi) is 5.77. The Bertz CT molecular complexity index is 219. The summed E-state index contributed by atoms with van der Waals surface area (Å²) in [6.07, 6.45) is 4.16. The van der Waals surface area contributed by atoms with E-state index in [1.165, 1.54) is 0 Å². The second-order valence-corrected chi connectivity index (χ2v) is 4.83. The summed E-state index contributed by atoms with van der Waals surface area (Å²) in [5.74, 6) is 0.255. The summed E-state index contributed by atoms with van der Waals surface area (Å²) in [6.45, 7) is 5.16. The molecule has 0 radical (unpaired) electrons. The molecule has 0 aromatic heterocycles. The van der Waals surface area contributed by atoms with Crippen molar-refractivity contribution in [2.75, 3.05) is 13.2 Å². The van der Waals surface area contributed by atoms with Gasteiger partial charge in [-0.3, -0.25) is 4.79 Å². The van der Waals surface area contributed by atoms with Crippen molar-refractivity contribution in [1.29, 1.82) is 0 Å². The number of hydrogen-bond acceptors (Lipinski definition) is 3. The van der Waals surface area contributed by atoms with E-state index in [-0.39, 0.29) is 24.0 Å². The Morgan fingerprint density at radius 1 is 1.50 bits per heavy atom. The number of nitrogens with one attached hydrogen (secondary N) is 1. The SMILES string of the molecule is CC(C)OCCNC(=O)C1CCCC(N)C1. The molecule has 0 bridgehead atoms. The molecule has 2 atom stereocenters. The number of ether oxygens (including phenoxy) is 1. The molecule has 1 amide bonds. The molecule has 1 saturated carbocycles. The maximum absolute atomic E-state index is 11.8. The maximum atomic E-state index is 11.8. The third kappa shape index (κ3) is 4.94. The van der Waals surface area contributed by atoms with Crippen LogP contribution in [0.25, 0.3) is 0 Å². The largest absolute Gasteiger partial charge is 0.377 e. The highest BCUT2D eigenvalue weighted by Gasteiger charge is 2.24. The fourth-order valence-electron chi connectivity index (χ4n) is 2.08. The Labute approximate surface area is 97.9 Å². The van der Waals surface area contributed by atoms with Crippen LogP contribution in [0.3, 0.4) is 0 Å². The molecule has 0 saturated heterocycles. The molecule has 16 heavy (non-hydrogen) atoms. The van der Waals surface area contributed by atoms with Gasteiger partial charge in [-0.25, -0.2) is 0 Å². The van der Waals surface area contributed by atoms with E-state index in [1.54, 1.807) is 0 Å². The van der Waals surface area contributed by atoms with Crippen molar-refractivity contribution in [3.63, 3.8) is 0 Å². The molecule has 1 aliphatic carbocycles. The fourth-order valence-corrected chi connectivity index (χ4v) is 2.08. The van der Waals surface area contributed by atoms with Crippen molar-refractivity contribution in [3.8, 4) is 0 Å². The minimum Gasteiger partial charge on any atom is -0.377 e. The van der Waals surface area contributed by atoms with Crippen LogP contribution in [0.4, 0.5) is 0 Å². The molecule has 3 N–H and O–H groups in total. The number of carbonyl (C=O) groups excluding carboxylic acids is 1. The summed E-state index contributed by atoms with van der Waals surface area (Å²) < 4.78 is 5.36. The lowest BCUT2D eigenvalue weighted by molar-refractivity contribution is -0.126. The average molecular weight is 228 g/mol. The quantitative estimate of drug-likeness (QED) is 0.691. The van der Waals surface area contributed by atoms with Gasteiger partial charge in [-0.15, -0.1) is 0 Å². The van der Waals surface area contributed by atoms with Gasteiger partial charge in [0.05, 0.1) is 12.7 Å². The first-order valence-corrected chi connectivity index (χ1v) is 6.24. The minimum atomic E-state index is 0.114. The first-order chi connectivity index (χ1) is 7.59. The molecule has 0 heterocycles. The summed E-state index contributed by atoms with van der Waals surface area (Å²) in [7, 11) is 0. The summed E-state index contributed by atoms with van der Waals surface area (Å²) in [4.78, 5) is 11.8. The van der Waals surface area contributed by atoms with Gasteiger partial charge in [0.25, 0.3) is 0 Å². The highest BCUT2D eigenvalue weighted by atomic mass is 16.5. The predicted molar refractivity (Wildman–Crippen MR) is 64.0 cm³/mol. The van der Waals surface area contributed by atoms with Crippen molar-refractivity contribution in [3.05, 3.63) is 0 Å². The minimum absolute atomic E-state index is 0.114. The van der Waals surface area contributed by atoms with Crippen LogP contribution in [0.1, 0.15) is 39.5 Å². The number of hydrogen-bond donors (Lipinski definition) is 2.